The standard InChI is InChI=1S/C11H8O3.C7H16N2O.C6H6O2/c12-10-6-8-4-2-1-3-7(8)5-9(10)11(13)14;1-2-3-8-9-4-6-10-7-5-9;7-5-2-1-3-6(8)4-5/h1-6,12H,(H,13,14);8H,2-7H2,1H3;1-4,7-8H. The molecule has 4 rings (SSSR count). The van der Waals surface area contributed by atoms with Crippen molar-refractivity contribution in [3.8, 4) is 17.2 Å². The fourth-order valence-corrected chi connectivity index (χ4v) is 2.88. The summed E-state index contributed by atoms with van der Waals surface area (Å²) < 4.78 is 5.20. The molecule has 0 unspecified atom stereocenters. The maximum absolute atomic E-state index is 10.7. The Morgan fingerprint density at radius 3 is 2.03 bits per heavy atom. The Hall–Kier alpha value is -3.33. The van der Waals surface area contributed by atoms with Gasteiger partial charge in [-0.05, 0) is 41.5 Å². The van der Waals surface area contributed by atoms with Gasteiger partial charge in [-0.2, -0.15) is 0 Å². The number of morpholine rings is 1. The maximum Gasteiger partial charge on any atom is 0.339 e. The molecule has 172 valence electrons. The van der Waals surface area contributed by atoms with Gasteiger partial charge in [-0.1, -0.05) is 37.3 Å². The summed E-state index contributed by atoms with van der Waals surface area (Å²) in [4.78, 5) is 10.7. The number of nitrogens with zero attached hydrogens (tertiary/aromatic N) is 1. The van der Waals surface area contributed by atoms with Gasteiger partial charge in [-0.3, -0.25) is 5.43 Å². The van der Waals surface area contributed by atoms with Gasteiger partial charge in [-0.15, -0.1) is 0 Å². The van der Waals surface area contributed by atoms with Crippen LogP contribution >= 0.6 is 0 Å². The van der Waals surface area contributed by atoms with Gasteiger partial charge in [0, 0.05) is 25.7 Å². The summed E-state index contributed by atoms with van der Waals surface area (Å²) in [6.45, 7) is 7.06. The summed E-state index contributed by atoms with van der Waals surface area (Å²) in [6, 6.07) is 16.1. The van der Waals surface area contributed by atoms with Crippen LogP contribution in [-0.2, 0) is 4.74 Å². The molecule has 0 aliphatic carbocycles. The van der Waals surface area contributed by atoms with E-state index >= 15 is 0 Å². The molecule has 0 amide bonds. The van der Waals surface area contributed by atoms with Crippen LogP contribution in [-0.4, -0.2) is 64.3 Å². The van der Waals surface area contributed by atoms with Gasteiger partial charge in [0.25, 0.3) is 0 Å². The molecule has 32 heavy (non-hydrogen) atoms. The molecule has 0 atom stereocenters. The zero-order valence-corrected chi connectivity index (χ0v) is 18.1. The summed E-state index contributed by atoms with van der Waals surface area (Å²) in [5, 5.41) is 39.3. The number of hydrazine groups is 1. The van der Waals surface area contributed by atoms with Crippen molar-refractivity contribution in [2.24, 2.45) is 0 Å². The molecule has 3 aromatic rings. The first-order valence-corrected chi connectivity index (χ1v) is 10.4. The van der Waals surface area contributed by atoms with Gasteiger partial charge in [0.2, 0.25) is 0 Å². The van der Waals surface area contributed by atoms with Crippen molar-refractivity contribution in [3.63, 3.8) is 0 Å². The maximum atomic E-state index is 10.7. The minimum Gasteiger partial charge on any atom is -0.508 e. The van der Waals surface area contributed by atoms with Gasteiger partial charge in [0.05, 0.1) is 13.2 Å². The third-order valence-electron chi connectivity index (χ3n) is 4.52. The molecule has 1 aliphatic heterocycles. The molecule has 0 radical (unpaired) electrons. The van der Waals surface area contributed by atoms with Crippen LogP contribution in [0.25, 0.3) is 10.8 Å². The number of aromatic hydroxyl groups is 3. The number of hydrogen-bond acceptors (Lipinski definition) is 7. The van der Waals surface area contributed by atoms with E-state index in [2.05, 4.69) is 17.4 Å². The Morgan fingerprint density at radius 1 is 0.938 bits per heavy atom. The third-order valence-corrected chi connectivity index (χ3v) is 4.52. The lowest BCUT2D eigenvalue weighted by Crippen LogP contribution is -2.45. The molecular weight excluding hydrogens is 412 g/mol. The number of ether oxygens (including phenoxy) is 1. The molecule has 1 fully saturated rings. The molecule has 8 nitrogen and oxygen atoms in total. The first kappa shape index (κ1) is 24.9. The second-order valence-electron chi connectivity index (χ2n) is 7.05. The van der Waals surface area contributed by atoms with E-state index in [1.807, 2.05) is 18.2 Å². The van der Waals surface area contributed by atoms with Gasteiger partial charge in [-0.25, -0.2) is 9.80 Å². The Bertz CT molecular complexity index is 972. The number of carboxylic acids is 1. The van der Waals surface area contributed by atoms with Crippen molar-refractivity contribution >= 4 is 16.7 Å². The number of phenols is 3. The fraction of sp³-hybridized carbons (Fsp3) is 0.292. The van der Waals surface area contributed by atoms with Crippen LogP contribution in [0.2, 0.25) is 0 Å². The second-order valence-corrected chi connectivity index (χ2v) is 7.05. The highest BCUT2D eigenvalue weighted by molar-refractivity contribution is 5.97. The summed E-state index contributed by atoms with van der Waals surface area (Å²) >= 11 is 0. The van der Waals surface area contributed by atoms with Crippen molar-refractivity contribution in [2.75, 3.05) is 32.8 Å². The topological polar surface area (TPSA) is 122 Å². The van der Waals surface area contributed by atoms with Gasteiger partial charge >= 0.3 is 5.97 Å². The largest absolute Gasteiger partial charge is 0.508 e. The molecule has 1 heterocycles. The summed E-state index contributed by atoms with van der Waals surface area (Å²) in [5.41, 5.74) is 3.26. The second kappa shape index (κ2) is 13.2. The van der Waals surface area contributed by atoms with E-state index in [0.29, 0.717) is 0 Å². The zero-order chi connectivity index (χ0) is 23.3. The molecule has 0 bridgehead atoms. The van der Waals surface area contributed by atoms with Crippen LogP contribution in [0.4, 0.5) is 0 Å². The quantitative estimate of drug-likeness (QED) is 0.416. The lowest BCUT2D eigenvalue weighted by Gasteiger charge is -2.26. The van der Waals surface area contributed by atoms with Crippen molar-refractivity contribution < 1.29 is 30.0 Å². The Kier molecular flexibility index (Phi) is 10.3. The van der Waals surface area contributed by atoms with Crippen LogP contribution in [0.1, 0.15) is 23.7 Å². The molecule has 0 spiro atoms. The molecule has 1 saturated heterocycles. The van der Waals surface area contributed by atoms with Gasteiger partial charge < -0.3 is 25.2 Å². The molecule has 8 heteroatoms. The van der Waals surface area contributed by atoms with Crippen molar-refractivity contribution in [3.05, 3.63) is 66.2 Å². The summed E-state index contributed by atoms with van der Waals surface area (Å²) in [5.74, 6) is -1.14. The third kappa shape index (κ3) is 8.43. The SMILES string of the molecule is CCCNN1CCOCC1.O=C(O)c1cc2ccccc2cc1O.Oc1cccc(O)c1. The van der Waals surface area contributed by atoms with Crippen LogP contribution in [0.15, 0.2) is 60.7 Å². The predicted molar refractivity (Wildman–Crippen MR) is 123 cm³/mol. The predicted octanol–water partition coefficient (Wildman–Crippen LogP) is 3.57. The van der Waals surface area contributed by atoms with E-state index in [4.69, 9.17) is 20.1 Å². The number of carboxylic acid groups (broad SMARTS) is 1. The van der Waals surface area contributed by atoms with Gasteiger partial charge in [0.1, 0.15) is 22.8 Å². The monoisotopic (exact) mass is 442 g/mol. The van der Waals surface area contributed by atoms with Crippen LogP contribution in [0.5, 0.6) is 17.2 Å². The lowest BCUT2D eigenvalue weighted by molar-refractivity contribution is 0.0122. The van der Waals surface area contributed by atoms with Crippen LogP contribution in [0, 0.1) is 0 Å². The highest BCUT2D eigenvalue weighted by atomic mass is 16.5. The van der Waals surface area contributed by atoms with E-state index in [1.165, 1.54) is 36.8 Å². The molecule has 3 aromatic carbocycles. The number of aromatic carboxylic acids is 1. The van der Waals surface area contributed by atoms with Crippen molar-refractivity contribution in [1.82, 2.24) is 10.4 Å². The van der Waals surface area contributed by atoms with E-state index in [9.17, 15) is 9.90 Å². The lowest BCUT2D eigenvalue weighted by atomic mass is 10.1. The number of hydrogen-bond donors (Lipinski definition) is 5. The number of carbonyl (C=O) groups is 1. The molecule has 0 aromatic heterocycles. The zero-order valence-electron chi connectivity index (χ0n) is 18.1. The fourth-order valence-electron chi connectivity index (χ4n) is 2.88. The normalized spacial score (nSPS) is 13.4. The van der Waals surface area contributed by atoms with Crippen LogP contribution in [0.3, 0.4) is 0 Å². The molecule has 5 N–H and O–H groups in total. The molecule has 0 saturated carbocycles. The van der Waals surface area contributed by atoms with E-state index in [0.717, 1.165) is 43.6 Å². The first-order valence-electron chi connectivity index (χ1n) is 10.4. The number of fused-ring (bicyclic) bond motifs is 1. The Morgan fingerprint density at radius 2 is 1.53 bits per heavy atom. The van der Waals surface area contributed by atoms with E-state index in [1.54, 1.807) is 12.1 Å². The summed E-state index contributed by atoms with van der Waals surface area (Å²) in [6.07, 6.45) is 1.19. The average Bonchev–Trinajstić information content (AvgIpc) is 2.78. The van der Waals surface area contributed by atoms with E-state index < -0.39 is 5.97 Å². The van der Waals surface area contributed by atoms with E-state index in [-0.39, 0.29) is 22.8 Å². The Labute approximate surface area is 187 Å². The van der Waals surface area contributed by atoms with Crippen molar-refractivity contribution in [1.29, 1.82) is 0 Å². The number of rotatable bonds is 4. The average molecular weight is 443 g/mol. The smallest absolute Gasteiger partial charge is 0.339 e. The summed E-state index contributed by atoms with van der Waals surface area (Å²) in [7, 11) is 0. The number of benzene rings is 3. The van der Waals surface area contributed by atoms with Gasteiger partial charge in [0.15, 0.2) is 0 Å². The van der Waals surface area contributed by atoms with Crippen molar-refractivity contribution in [2.45, 2.75) is 13.3 Å². The number of phenolic OH excluding ortho intramolecular Hbond substituents is 2. The highest BCUT2D eigenvalue weighted by Crippen LogP contribution is 2.24. The minimum atomic E-state index is -1.12. The minimum absolute atomic E-state index is 0.0660. The first-order chi connectivity index (χ1) is 15.4. The molecular formula is C24H30N2O6. The highest BCUT2D eigenvalue weighted by Gasteiger charge is 2.10. The Balaban J connectivity index is 0.000000178. The number of nitrogens with one attached hydrogen (secondary N) is 1. The molecule has 1 aliphatic rings. The van der Waals surface area contributed by atoms with Crippen LogP contribution < -0.4 is 5.43 Å².